The highest BCUT2D eigenvalue weighted by molar-refractivity contribution is 7.89. The second-order valence-corrected chi connectivity index (χ2v) is 7.09. The van der Waals surface area contributed by atoms with E-state index in [1.54, 1.807) is 18.3 Å². The molecular formula is C14H19N3O2S. The van der Waals surface area contributed by atoms with Gasteiger partial charge in [-0.25, -0.2) is 8.42 Å². The van der Waals surface area contributed by atoms with E-state index in [1.165, 1.54) is 0 Å². The van der Waals surface area contributed by atoms with Crippen LogP contribution in [0.4, 0.5) is 0 Å². The largest absolute Gasteiger partial charge is 0.261 e. The molecule has 0 unspecified atom stereocenters. The molecule has 0 aromatic carbocycles. The van der Waals surface area contributed by atoms with Crippen LogP contribution >= 0.6 is 0 Å². The first-order valence-electron chi connectivity index (χ1n) is 6.88. The van der Waals surface area contributed by atoms with E-state index < -0.39 is 15.6 Å². The number of hydrogen-bond donors (Lipinski definition) is 1. The van der Waals surface area contributed by atoms with Crippen LogP contribution < -0.4 is 4.72 Å². The fourth-order valence-corrected chi connectivity index (χ4v) is 3.95. The molecule has 1 aromatic heterocycles. The minimum absolute atomic E-state index is 0.0343. The van der Waals surface area contributed by atoms with E-state index >= 15 is 0 Å². The fraction of sp³-hybridized carbons (Fsp3) is 0.571. The van der Waals surface area contributed by atoms with Gasteiger partial charge in [0.2, 0.25) is 10.0 Å². The molecule has 1 aliphatic carbocycles. The minimum atomic E-state index is -3.46. The number of nitrogens with zero attached hydrogens (tertiary/aromatic N) is 2. The van der Waals surface area contributed by atoms with Crippen LogP contribution in [-0.2, 0) is 16.4 Å². The molecule has 0 atom stereocenters. The molecule has 1 saturated carbocycles. The van der Waals surface area contributed by atoms with Crippen molar-refractivity contribution in [2.24, 2.45) is 0 Å². The number of hydrogen-bond acceptors (Lipinski definition) is 4. The van der Waals surface area contributed by atoms with Gasteiger partial charge in [0, 0.05) is 18.3 Å². The lowest BCUT2D eigenvalue weighted by atomic mass is 9.84. The zero-order chi connectivity index (χ0) is 14.5. The molecule has 1 N–H and O–H groups in total. The average Bonchev–Trinajstić information content (AvgIpc) is 2.47. The van der Waals surface area contributed by atoms with Crippen LogP contribution in [0.1, 0.15) is 37.8 Å². The van der Waals surface area contributed by atoms with Crippen LogP contribution in [0.5, 0.6) is 0 Å². The van der Waals surface area contributed by atoms with Gasteiger partial charge >= 0.3 is 0 Å². The number of sulfonamides is 1. The van der Waals surface area contributed by atoms with Crippen LogP contribution in [0, 0.1) is 11.3 Å². The summed E-state index contributed by atoms with van der Waals surface area (Å²) in [4.78, 5) is 4.11. The average molecular weight is 293 g/mol. The molecular weight excluding hydrogens is 274 g/mol. The van der Waals surface area contributed by atoms with Crippen molar-refractivity contribution in [2.75, 3.05) is 5.75 Å². The third-order valence-electron chi connectivity index (χ3n) is 3.63. The summed E-state index contributed by atoms with van der Waals surface area (Å²) in [6, 6.07) is 7.60. The molecule has 0 amide bonds. The van der Waals surface area contributed by atoms with E-state index in [0.717, 1.165) is 25.0 Å². The molecule has 0 radical (unpaired) electrons. The van der Waals surface area contributed by atoms with Crippen molar-refractivity contribution in [3.05, 3.63) is 30.1 Å². The van der Waals surface area contributed by atoms with Crippen LogP contribution in [0.15, 0.2) is 24.4 Å². The highest BCUT2D eigenvalue weighted by atomic mass is 32.2. The van der Waals surface area contributed by atoms with E-state index in [0.29, 0.717) is 19.3 Å². The number of rotatable bonds is 5. The lowest BCUT2D eigenvalue weighted by molar-refractivity contribution is 0.338. The van der Waals surface area contributed by atoms with Gasteiger partial charge in [0.25, 0.3) is 0 Å². The predicted octanol–water partition coefficient (Wildman–Crippen LogP) is 1.77. The van der Waals surface area contributed by atoms with Crippen molar-refractivity contribution in [1.82, 2.24) is 9.71 Å². The van der Waals surface area contributed by atoms with Crippen LogP contribution in [0.2, 0.25) is 0 Å². The summed E-state index contributed by atoms with van der Waals surface area (Å²) in [5.74, 6) is -0.0343. The van der Waals surface area contributed by atoms with Crippen molar-refractivity contribution in [2.45, 2.75) is 44.1 Å². The molecule has 108 valence electrons. The van der Waals surface area contributed by atoms with Crippen LogP contribution in [-0.4, -0.2) is 24.7 Å². The quantitative estimate of drug-likeness (QED) is 0.897. The summed E-state index contributed by atoms with van der Waals surface area (Å²) in [5.41, 5.74) is -0.159. The maximum atomic E-state index is 12.1. The second kappa shape index (κ2) is 6.33. The monoisotopic (exact) mass is 293 g/mol. The van der Waals surface area contributed by atoms with Crippen molar-refractivity contribution in [1.29, 1.82) is 5.26 Å². The summed E-state index contributed by atoms with van der Waals surface area (Å²) < 4.78 is 26.9. The van der Waals surface area contributed by atoms with E-state index in [4.69, 9.17) is 0 Å². The SMILES string of the molecule is N#CC1(NS(=O)(=O)CCc2ccccn2)CCCCC1. The first kappa shape index (κ1) is 14.9. The van der Waals surface area contributed by atoms with E-state index in [1.807, 2.05) is 6.07 Å². The molecule has 0 aliphatic heterocycles. The molecule has 1 aliphatic rings. The van der Waals surface area contributed by atoms with Crippen molar-refractivity contribution in [3.8, 4) is 6.07 Å². The number of nitrogens with one attached hydrogen (secondary N) is 1. The lowest BCUT2D eigenvalue weighted by Crippen LogP contribution is -2.49. The Balaban J connectivity index is 1.98. The van der Waals surface area contributed by atoms with E-state index in [9.17, 15) is 13.7 Å². The summed E-state index contributed by atoms with van der Waals surface area (Å²) in [5, 5.41) is 9.30. The van der Waals surface area contributed by atoms with Gasteiger partial charge in [-0.2, -0.15) is 9.98 Å². The Hall–Kier alpha value is -1.45. The van der Waals surface area contributed by atoms with Crippen LogP contribution in [0.25, 0.3) is 0 Å². The number of nitriles is 1. The highest BCUT2D eigenvalue weighted by Crippen LogP contribution is 2.28. The van der Waals surface area contributed by atoms with Gasteiger partial charge in [-0.3, -0.25) is 4.98 Å². The Labute approximate surface area is 120 Å². The van der Waals surface area contributed by atoms with E-state index in [2.05, 4.69) is 15.8 Å². The molecule has 1 aromatic rings. The molecule has 5 nitrogen and oxygen atoms in total. The Morgan fingerprint density at radius 1 is 1.30 bits per heavy atom. The predicted molar refractivity (Wildman–Crippen MR) is 76.3 cm³/mol. The maximum Gasteiger partial charge on any atom is 0.213 e. The van der Waals surface area contributed by atoms with Gasteiger partial charge in [0.05, 0.1) is 11.8 Å². The Morgan fingerprint density at radius 2 is 2.05 bits per heavy atom. The smallest absolute Gasteiger partial charge is 0.213 e. The minimum Gasteiger partial charge on any atom is -0.261 e. The number of aromatic nitrogens is 1. The third kappa shape index (κ3) is 4.02. The normalized spacial score (nSPS) is 18.4. The summed E-state index contributed by atoms with van der Waals surface area (Å²) >= 11 is 0. The molecule has 0 bridgehead atoms. The topological polar surface area (TPSA) is 82.9 Å². The maximum absolute atomic E-state index is 12.1. The Bertz CT molecular complexity index is 572. The van der Waals surface area contributed by atoms with Crippen molar-refractivity contribution >= 4 is 10.0 Å². The molecule has 1 heterocycles. The summed E-state index contributed by atoms with van der Waals surface area (Å²) in [6.07, 6.45) is 6.08. The molecule has 6 heteroatoms. The molecule has 2 rings (SSSR count). The van der Waals surface area contributed by atoms with E-state index in [-0.39, 0.29) is 5.75 Å². The van der Waals surface area contributed by atoms with Gasteiger partial charge in [0.1, 0.15) is 5.54 Å². The molecule has 0 spiro atoms. The first-order valence-corrected chi connectivity index (χ1v) is 8.53. The molecule has 0 saturated heterocycles. The summed E-state index contributed by atoms with van der Waals surface area (Å²) in [6.45, 7) is 0. The Morgan fingerprint density at radius 3 is 2.65 bits per heavy atom. The lowest BCUT2D eigenvalue weighted by Gasteiger charge is -2.31. The number of pyridine rings is 1. The highest BCUT2D eigenvalue weighted by Gasteiger charge is 2.35. The van der Waals surface area contributed by atoms with Crippen molar-refractivity contribution < 1.29 is 8.42 Å². The van der Waals surface area contributed by atoms with Crippen LogP contribution in [0.3, 0.4) is 0 Å². The molecule has 1 fully saturated rings. The van der Waals surface area contributed by atoms with Gasteiger partial charge in [0.15, 0.2) is 0 Å². The summed E-state index contributed by atoms with van der Waals surface area (Å²) in [7, 11) is -3.46. The van der Waals surface area contributed by atoms with Gasteiger partial charge in [-0.15, -0.1) is 0 Å². The second-order valence-electron chi connectivity index (χ2n) is 5.25. The molecule has 20 heavy (non-hydrogen) atoms. The zero-order valence-corrected chi connectivity index (χ0v) is 12.2. The first-order chi connectivity index (χ1) is 9.55. The third-order valence-corrected chi connectivity index (χ3v) is 5.07. The van der Waals surface area contributed by atoms with Gasteiger partial charge in [-0.05, 0) is 25.0 Å². The standard InChI is InChI=1S/C14H19N3O2S/c15-12-14(8-3-1-4-9-14)17-20(18,19)11-7-13-6-2-5-10-16-13/h2,5-6,10,17H,1,3-4,7-9,11H2. The Kier molecular flexibility index (Phi) is 4.73. The number of aryl methyl sites for hydroxylation is 1. The fourth-order valence-electron chi connectivity index (χ4n) is 2.53. The zero-order valence-electron chi connectivity index (χ0n) is 11.4. The van der Waals surface area contributed by atoms with Gasteiger partial charge in [-0.1, -0.05) is 25.3 Å². The van der Waals surface area contributed by atoms with Crippen molar-refractivity contribution in [3.63, 3.8) is 0 Å². The van der Waals surface area contributed by atoms with Gasteiger partial charge < -0.3 is 0 Å².